The molecule has 0 bridgehead atoms. The van der Waals surface area contributed by atoms with E-state index in [1.54, 1.807) is 11.3 Å². The van der Waals surface area contributed by atoms with E-state index in [1.165, 1.54) is 16.7 Å². The van der Waals surface area contributed by atoms with Gasteiger partial charge in [-0.05, 0) is 45.4 Å². The van der Waals surface area contributed by atoms with Crippen molar-refractivity contribution in [1.29, 1.82) is 0 Å². The summed E-state index contributed by atoms with van der Waals surface area (Å²) in [6.45, 7) is 6.71. The number of benzene rings is 1. The maximum atomic E-state index is 6.61. The molecule has 0 radical (unpaired) electrons. The zero-order valence-corrected chi connectivity index (χ0v) is 12.7. The fourth-order valence-electron chi connectivity index (χ4n) is 2.18. The smallest absolute Gasteiger partial charge is 0.0628 e. The molecule has 0 saturated heterocycles. The molecule has 0 fully saturated rings. The number of halogens is 1. The number of thiophene rings is 1. The predicted octanol–water partition coefficient (Wildman–Crippen LogP) is 5.57. The zero-order valence-electron chi connectivity index (χ0n) is 11.1. The molecule has 0 N–H and O–H groups in total. The van der Waals surface area contributed by atoms with Crippen LogP contribution in [0.15, 0.2) is 41.1 Å². The quantitative estimate of drug-likeness (QED) is 0.644. The normalized spacial score (nSPS) is 13.6. The van der Waals surface area contributed by atoms with Gasteiger partial charge in [-0.25, -0.2) is 0 Å². The lowest BCUT2D eigenvalue weighted by atomic mass is 9.82. The average molecular weight is 279 g/mol. The Kier molecular flexibility index (Phi) is 4.14. The van der Waals surface area contributed by atoms with E-state index < -0.39 is 0 Å². The van der Waals surface area contributed by atoms with Gasteiger partial charge in [0.2, 0.25) is 0 Å². The largest absolute Gasteiger partial charge is 0.152 e. The van der Waals surface area contributed by atoms with E-state index in [-0.39, 0.29) is 10.8 Å². The topological polar surface area (TPSA) is 0 Å². The van der Waals surface area contributed by atoms with Crippen LogP contribution in [0.4, 0.5) is 0 Å². The second-order valence-corrected chi connectivity index (χ2v) is 6.95. The van der Waals surface area contributed by atoms with Gasteiger partial charge in [-0.2, -0.15) is 11.3 Å². The fraction of sp³-hybridized carbons (Fsp3) is 0.375. The van der Waals surface area contributed by atoms with Gasteiger partial charge in [0.25, 0.3) is 0 Å². The minimum atomic E-state index is 0.0509. The van der Waals surface area contributed by atoms with Gasteiger partial charge in [-0.1, -0.05) is 45.0 Å². The fourth-order valence-corrected chi connectivity index (χ4v) is 3.23. The summed E-state index contributed by atoms with van der Waals surface area (Å²) in [4.78, 5) is 0. The monoisotopic (exact) mass is 278 g/mol. The van der Waals surface area contributed by atoms with E-state index in [2.05, 4.69) is 61.9 Å². The average Bonchev–Trinajstić information content (AvgIpc) is 2.80. The standard InChI is InChI=1S/C16H19ClS/c1-16(2,3)14-7-5-4-6-13(14)15(17)10-12-8-9-18-11-12/h4-9,11,15H,10H2,1-3H3. The first-order valence-electron chi connectivity index (χ1n) is 6.23. The van der Waals surface area contributed by atoms with Gasteiger partial charge in [-0.3, -0.25) is 0 Å². The van der Waals surface area contributed by atoms with Crippen LogP contribution in [0.5, 0.6) is 0 Å². The molecule has 1 aromatic carbocycles. The maximum Gasteiger partial charge on any atom is 0.0628 e. The van der Waals surface area contributed by atoms with Crippen LogP contribution in [0.3, 0.4) is 0 Å². The first-order valence-corrected chi connectivity index (χ1v) is 7.61. The molecule has 1 atom stereocenters. The van der Waals surface area contributed by atoms with Crippen LogP contribution in [-0.4, -0.2) is 0 Å². The summed E-state index contributed by atoms with van der Waals surface area (Å²) < 4.78 is 0. The molecule has 18 heavy (non-hydrogen) atoms. The summed E-state index contributed by atoms with van der Waals surface area (Å²) in [6.07, 6.45) is 0.901. The van der Waals surface area contributed by atoms with Gasteiger partial charge in [0.15, 0.2) is 0 Å². The lowest BCUT2D eigenvalue weighted by molar-refractivity contribution is 0.580. The predicted molar refractivity (Wildman–Crippen MR) is 81.8 cm³/mol. The Morgan fingerprint density at radius 1 is 1.17 bits per heavy atom. The highest BCUT2D eigenvalue weighted by molar-refractivity contribution is 7.07. The number of hydrogen-bond donors (Lipinski definition) is 0. The minimum absolute atomic E-state index is 0.0509. The SMILES string of the molecule is CC(C)(C)c1ccccc1C(Cl)Cc1ccsc1. The highest BCUT2D eigenvalue weighted by Gasteiger charge is 2.21. The molecule has 0 amide bonds. The summed E-state index contributed by atoms with van der Waals surface area (Å²) in [7, 11) is 0. The molecule has 0 spiro atoms. The van der Waals surface area contributed by atoms with E-state index in [0.717, 1.165) is 6.42 Å². The Bertz CT molecular complexity index is 494. The zero-order chi connectivity index (χ0) is 13.2. The van der Waals surface area contributed by atoms with E-state index >= 15 is 0 Å². The van der Waals surface area contributed by atoms with E-state index in [0.29, 0.717) is 0 Å². The van der Waals surface area contributed by atoms with E-state index in [1.807, 2.05) is 0 Å². The minimum Gasteiger partial charge on any atom is -0.152 e. The lowest BCUT2D eigenvalue weighted by Gasteiger charge is -2.25. The van der Waals surface area contributed by atoms with Crippen molar-refractivity contribution >= 4 is 22.9 Å². The maximum absolute atomic E-state index is 6.61. The first-order chi connectivity index (χ1) is 8.48. The summed E-state index contributed by atoms with van der Waals surface area (Å²) in [5.74, 6) is 0. The molecular weight excluding hydrogens is 260 g/mol. The van der Waals surface area contributed by atoms with Gasteiger partial charge in [0, 0.05) is 0 Å². The van der Waals surface area contributed by atoms with E-state index in [4.69, 9.17) is 11.6 Å². The molecule has 1 aromatic heterocycles. The van der Waals surface area contributed by atoms with Gasteiger partial charge in [0.1, 0.15) is 0 Å². The molecule has 1 unspecified atom stereocenters. The highest BCUT2D eigenvalue weighted by atomic mass is 35.5. The molecule has 1 heterocycles. The third-order valence-electron chi connectivity index (χ3n) is 3.10. The molecule has 0 nitrogen and oxygen atoms in total. The van der Waals surface area contributed by atoms with Gasteiger partial charge >= 0.3 is 0 Å². The molecule has 2 aromatic rings. The van der Waals surface area contributed by atoms with Crippen molar-refractivity contribution in [1.82, 2.24) is 0 Å². The summed E-state index contributed by atoms with van der Waals surface area (Å²) in [5.41, 5.74) is 4.07. The summed E-state index contributed by atoms with van der Waals surface area (Å²) in [5, 5.41) is 4.33. The van der Waals surface area contributed by atoms with Crippen LogP contribution >= 0.6 is 22.9 Å². The third kappa shape index (κ3) is 3.15. The van der Waals surface area contributed by atoms with Crippen molar-refractivity contribution in [2.24, 2.45) is 0 Å². The van der Waals surface area contributed by atoms with Crippen molar-refractivity contribution < 1.29 is 0 Å². The van der Waals surface area contributed by atoms with Crippen LogP contribution in [0.2, 0.25) is 0 Å². The van der Waals surface area contributed by atoms with E-state index in [9.17, 15) is 0 Å². The molecule has 2 heteroatoms. The molecule has 0 aliphatic heterocycles. The summed E-state index contributed by atoms with van der Waals surface area (Å²) in [6, 6.07) is 10.7. The van der Waals surface area contributed by atoms with Crippen molar-refractivity contribution in [3.63, 3.8) is 0 Å². The number of rotatable bonds is 3. The molecule has 0 aliphatic carbocycles. The second kappa shape index (κ2) is 5.46. The van der Waals surface area contributed by atoms with Crippen LogP contribution in [-0.2, 0) is 11.8 Å². The Morgan fingerprint density at radius 2 is 1.89 bits per heavy atom. The van der Waals surface area contributed by atoms with Gasteiger partial charge in [-0.15, -0.1) is 11.6 Å². The van der Waals surface area contributed by atoms with Crippen LogP contribution in [0, 0.1) is 0 Å². The van der Waals surface area contributed by atoms with Crippen molar-refractivity contribution in [3.05, 3.63) is 57.8 Å². The molecule has 0 saturated carbocycles. The molecular formula is C16H19ClS. The molecule has 2 rings (SSSR count). The Balaban J connectivity index is 2.27. The Morgan fingerprint density at radius 3 is 2.50 bits per heavy atom. The lowest BCUT2D eigenvalue weighted by Crippen LogP contribution is -2.15. The second-order valence-electron chi connectivity index (χ2n) is 5.64. The van der Waals surface area contributed by atoms with Crippen molar-refractivity contribution in [2.45, 2.75) is 38.0 Å². The van der Waals surface area contributed by atoms with Crippen LogP contribution in [0.1, 0.15) is 42.8 Å². The van der Waals surface area contributed by atoms with Gasteiger partial charge < -0.3 is 0 Å². The highest BCUT2D eigenvalue weighted by Crippen LogP contribution is 2.34. The number of hydrogen-bond acceptors (Lipinski definition) is 1. The molecule has 96 valence electrons. The van der Waals surface area contributed by atoms with Crippen LogP contribution < -0.4 is 0 Å². The Labute approximate surface area is 119 Å². The molecule has 0 aliphatic rings. The van der Waals surface area contributed by atoms with Crippen molar-refractivity contribution in [3.8, 4) is 0 Å². The summed E-state index contributed by atoms with van der Waals surface area (Å²) >= 11 is 8.34. The first kappa shape index (κ1) is 13.6. The Hall–Kier alpha value is -0.790. The van der Waals surface area contributed by atoms with Gasteiger partial charge in [0.05, 0.1) is 5.38 Å². The third-order valence-corrected chi connectivity index (χ3v) is 4.22. The van der Waals surface area contributed by atoms with Crippen molar-refractivity contribution in [2.75, 3.05) is 0 Å². The number of alkyl halides is 1. The van der Waals surface area contributed by atoms with Crippen LogP contribution in [0.25, 0.3) is 0 Å².